The second-order valence-electron chi connectivity index (χ2n) is 5.08. The van der Waals surface area contributed by atoms with Gasteiger partial charge in [0.2, 0.25) is 0 Å². The molecule has 0 spiro atoms. The van der Waals surface area contributed by atoms with E-state index in [1.54, 1.807) is 0 Å². The molecular weight excluding hydrogens is 280 g/mol. The fourth-order valence-electron chi connectivity index (χ4n) is 1.99. The van der Waals surface area contributed by atoms with E-state index in [4.69, 9.17) is 0 Å². The maximum Gasteiger partial charge on any atom is 1.00 e. The van der Waals surface area contributed by atoms with Crippen LogP contribution in [0.15, 0.2) is 24.3 Å². The molecule has 0 unspecified atom stereocenters. The maximum atomic E-state index is 3.87. The van der Waals surface area contributed by atoms with Gasteiger partial charge in [0.15, 0.2) is 0 Å². The summed E-state index contributed by atoms with van der Waals surface area (Å²) in [5.41, 5.74) is 0. The Morgan fingerprint density at radius 3 is 1.79 bits per heavy atom. The van der Waals surface area contributed by atoms with Crippen molar-refractivity contribution in [3.63, 3.8) is 0 Å². The first-order valence-corrected chi connectivity index (χ1v) is 8.01. The summed E-state index contributed by atoms with van der Waals surface area (Å²) in [5, 5.41) is 0. The van der Waals surface area contributed by atoms with E-state index >= 15 is 0 Å². The zero-order chi connectivity index (χ0) is 13.3. The minimum Gasteiger partial charge on any atom is -0.343 e. The molecule has 0 amide bonds. The molecule has 0 aliphatic carbocycles. The molecule has 0 aliphatic heterocycles. The van der Waals surface area contributed by atoms with Crippen molar-refractivity contribution in [1.29, 1.82) is 0 Å². The van der Waals surface area contributed by atoms with Crippen LogP contribution in [0.5, 0.6) is 0 Å². The van der Waals surface area contributed by atoms with Crippen LogP contribution in [0.25, 0.3) is 0 Å². The van der Waals surface area contributed by atoms with Gasteiger partial charge in [0.05, 0.1) is 0 Å². The van der Waals surface area contributed by atoms with Crippen molar-refractivity contribution in [2.45, 2.75) is 84.0 Å². The third-order valence-corrected chi connectivity index (χ3v) is 3.20. The molecule has 0 aromatic carbocycles. The third kappa shape index (κ3) is 20.5. The van der Waals surface area contributed by atoms with E-state index in [0.29, 0.717) is 0 Å². The van der Waals surface area contributed by atoms with Crippen LogP contribution in [-0.4, -0.2) is 0 Å². The average Bonchev–Trinajstić information content (AvgIpc) is 2.39. The molecule has 1 heteroatoms. The Morgan fingerprint density at radius 1 is 0.684 bits per heavy atom. The summed E-state index contributed by atoms with van der Waals surface area (Å²) in [4.78, 5) is 0. The summed E-state index contributed by atoms with van der Waals surface area (Å²) >= 11 is 0. The Balaban J connectivity index is 0. The normalized spacial score (nSPS) is 11.3. The minimum absolute atomic E-state index is 0. The largest absolute Gasteiger partial charge is 1.00 e. The van der Waals surface area contributed by atoms with E-state index in [9.17, 15) is 0 Å². The molecule has 0 radical (unpaired) electrons. The molecule has 0 saturated heterocycles. The quantitative estimate of drug-likeness (QED) is 0.155. The third-order valence-electron chi connectivity index (χ3n) is 3.20. The SMILES string of the molecule is [CH2-]CCCCCCC/C=C\C/C=C\CCCCC.[Cu+]. The van der Waals surface area contributed by atoms with Crippen LogP contribution in [0.4, 0.5) is 0 Å². The molecule has 0 nitrogen and oxygen atoms in total. The van der Waals surface area contributed by atoms with E-state index < -0.39 is 0 Å². The smallest absolute Gasteiger partial charge is 0.343 e. The predicted molar refractivity (Wildman–Crippen MR) is 84.7 cm³/mol. The molecule has 0 aromatic heterocycles. The van der Waals surface area contributed by atoms with Crippen molar-refractivity contribution < 1.29 is 17.1 Å². The van der Waals surface area contributed by atoms with Gasteiger partial charge in [0.1, 0.15) is 0 Å². The van der Waals surface area contributed by atoms with Crippen LogP contribution in [-0.2, 0) is 17.1 Å². The van der Waals surface area contributed by atoms with Gasteiger partial charge in [0.25, 0.3) is 0 Å². The Kier molecular flexibility index (Phi) is 22.8. The standard InChI is InChI=1S/C18H33.Cu/c1-3-5-7-9-11-13-15-17-18-16-14-12-10-8-6-4-2;/h12,14,17-18H,1,3-11,13,15-16H2,2H3;/q-1;+1/b14-12-,18-17-;. The van der Waals surface area contributed by atoms with Gasteiger partial charge in [-0.05, 0) is 32.1 Å². The second-order valence-corrected chi connectivity index (χ2v) is 5.08. The monoisotopic (exact) mass is 312 g/mol. The van der Waals surface area contributed by atoms with E-state index in [-0.39, 0.29) is 17.1 Å². The fourth-order valence-corrected chi connectivity index (χ4v) is 1.99. The van der Waals surface area contributed by atoms with E-state index in [1.165, 1.54) is 64.2 Å². The van der Waals surface area contributed by atoms with Gasteiger partial charge >= 0.3 is 17.1 Å². The van der Waals surface area contributed by atoms with Gasteiger partial charge < -0.3 is 6.92 Å². The van der Waals surface area contributed by atoms with Crippen LogP contribution in [0.1, 0.15) is 84.0 Å². The van der Waals surface area contributed by atoms with Gasteiger partial charge in [-0.25, -0.2) is 0 Å². The fraction of sp³-hybridized carbons (Fsp3) is 0.722. The Bertz CT molecular complexity index is 194. The number of rotatable bonds is 13. The van der Waals surface area contributed by atoms with E-state index in [2.05, 4.69) is 38.2 Å². The summed E-state index contributed by atoms with van der Waals surface area (Å²) in [5.74, 6) is 0. The predicted octanol–water partition coefficient (Wildman–Crippen LogP) is 6.63. The molecule has 0 heterocycles. The summed E-state index contributed by atoms with van der Waals surface area (Å²) in [6, 6.07) is 0. The molecule has 0 saturated carbocycles. The van der Waals surface area contributed by atoms with Crippen LogP contribution in [0.3, 0.4) is 0 Å². The Labute approximate surface area is 132 Å². The van der Waals surface area contributed by atoms with Crippen LogP contribution in [0, 0.1) is 6.92 Å². The first kappa shape index (κ1) is 21.3. The van der Waals surface area contributed by atoms with Gasteiger partial charge in [-0.15, -0.1) is 0 Å². The molecule has 0 N–H and O–H groups in total. The summed E-state index contributed by atoms with van der Waals surface area (Å²) in [6.07, 6.45) is 24.9. The van der Waals surface area contributed by atoms with E-state index in [0.717, 1.165) is 12.8 Å². The maximum absolute atomic E-state index is 3.87. The first-order valence-electron chi connectivity index (χ1n) is 8.01. The molecule has 0 aliphatic rings. The van der Waals surface area contributed by atoms with Crippen molar-refractivity contribution in [2.75, 3.05) is 0 Å². The minimum atomic E-state index is 0. The van der Waals surface area contributed by atoms with Crippen LogP contribution in [0.2, 0.25) is 0 Å². The topological polar surface area (TPSA) is 0 Å². The average molecular weight is 313 g/mol. The number of hydrogen-bond donors (Lipinski definition) is 0. The number of unbranched alkanes of at least 4 members (excludes halogenated alkanes) is 9. The van der Waals surface area contributed by atoms with Crippen LogP contribution >= 0.6 is 0 Å². The number of hydrogen-bond acceptors (Lipinski definition) is 0. The van der Waals surface area contributed by atoms with E-state index in [1.807, 2.05) is 0 Å². The van der Waals surface area contributed by atoms with Gasteiger partial charge in [-0.3, -0.25) is 0 Å². The van der Waals surface area contributed by atoms with Crippen molar-refractivity contribution in [2.24, 2.45) is 0 Å². The second kappa shape index (κ2) is 20.3. The van der Waals surface area contributed by atoms with Crippen molar-refractivity contribution in [3.8, 4) is 0 Å². The van der Waals surface area contributed by atoms with Gasteiger partial charge in [-0.1, -0.05) is 69.8 Å². The van der Waals surface area contributed by atoms with Gasteiger partial charge in [-0.2, -0.15) is 6.42 Å². The molecular formula is C18H33Cu. The molecule has 0 fully saturated rings. The Morgan fingerprint density at radius 2 is 1.21 bits per heavy atom. The molecule has 19 heavy (non-hydrogen) atoms. The molecule has 0 bridgehead atoms. The first-order chi connectivity index (χ1) is 8.91. The summed E-state index contributed by atoms with van der Waals surface area (Å²) in [6.45, 7) is 6.12. The summed E-state index contributed by atoms with van der Waals surface area (Å²) in [7, 11) is 0. The number of allylic oxidation sites excluding steroid dienone is 4. The van der Waals surface area contributed by atoms with Crippen molar-refractivity contribution in [1.82, 2.24) is 0 Å². The molecule has 0 rings (SSSR count). The molecule has 0 aromatic rings. The zero-order valence-electron chi connectivity index (χ0n) is 12.8. The molecule has 0 atom stereocenters. The molecule has 116 valence electrons. The Hall–Kier alpha value is -0.000519. The van der Waals surface area contributed by atoms with Crippen molar-refractivity contribution >= 4 is 0 Å². The summed E-state index contributed by atoms with van der Waals surface area (Å²) < 4.78 is 0. The zero-order valence-corrected chi connectivity index (χ0v) is 13.7. The van der Waals surface area contributed by atoms with Crippen LogP contribution < -0.4 is 0 Å². The van der Waals surface area contributed by atoms with Gasteiger partial charge in [0, 0.05) is 0 Å². The van der Waals surface area contributed by atoms with Crippen molar-refractivity contribution in [3.05, 3.63) is 31.2 Å².